The van der Waals surface area contributed by atoms with Gasteiger partial charge in [0.05, 0.1) is 19.5 Å². The number of rotatable bonds is 7. The largest absolute Gasteiger partial charge is 0.502 e. The topological polar surface area (TPSA) is 18.5 Å². The Morgan fingerprint density at radius 2 is 1.63 bits per heavy atom. The van der Waals surface area contributed by atoms with Crippen LogP contribution in [-0.2, 0) is 16.1 Å². The molecule has 1 saturated carbocycles. The molecule has 104 valence electrons. The first-order valence-corrected chi connectivity index (χ1v) is 7.22. The minimum Gasteiger partial charge on any atom is -0.502 e. The molecule has 1 aromatic rings. The third kappa shape index (κ3) is 5.07. The highest BCUT2D eigenvalue weighted by Crippen LogP contribution is 2.29. The highest BCUT2D eigenvalue weighted by atomic mass is 16.5. The molecule has 0 unspecified atom stereocenters. The average Bonchev–Trinajstić information content (AvgIpc) is 2.47. The third-order valence-corrected chi connectivity index (χ3v) is 3.88. The highest BCUT2D eigenvalue weighted by molar-refractivity contribution is 5.13. The lowest BCUT2D eigenvalue weighted by Crippen LogP contribution is -2.21. The fraction of sp³-hybridized carbons (Fsp3) is 0.529. The molecule has 2 heteroatoms. The lowest BCUT2D eigenvalue weighted by Gasteiger charge is -2.27. The van der Waals surface area contributed by atoms with Gasteiger partial charge in [0.2, 0.25) is 0 Å². The van der Waals surface area contributed by atoms with Gasteiger partial charge in [0, 0.05) is 6.61 Å². The number of benzene rings is 1. The van der Waals surface area contributed by atoms with Gasteiger partial charge in [-0.2, -0.15) is 0 Å². The molecular weight excluding hydrogens is 236 g/mol. The first-order chi connectivity index (χ1) is 9.38. The van der Waals surface area contributed by atoms with Gasteiger partial charge >= 0.3 is 0 Å². The quantitative estimate of drug-likeness (QED) is 0.685. The minimum absolute atomic E-state index is 0.711. The van der Waals surface area contributed by atoms with E-state index in [2.05, 4.69) is 30.8 Å². The van der Waals surface area contributed by atoms with E-state index in [0.29, 0.717) is 5.92 Å². The second-order valence-corrected chi connectivity index (χ2v) is 5.39. The summed E-state index contributed by atoms with van der Waals surface area (Å²) >= 11 is 0. The van der Waals surface area contributed by atoms with Crippen LogP contribution in [-0.4, -0.2) is 13.2 Å². The van der Waals surface area contributed by atoms with Crippen molar-refractivity contribution >= 4 is 0 Å². The second kappa shape index (κ2) is 8.00. The van der Waals surface area contributed by atoms with Gasteiger partial charge < -0.3 is 9.47 Å². The van der Waals surface area contributed by atoms with Gasteiger partial charge in [-0.05, 0) is 43.1 Å². The molecule has 19 heavy (non-hydrogen) atoms. The van der Waals surface area contributed by atoms with Crippen molar-refractivity contribution in [2.45, 2.75) is 32.3 Å². The Bertz CT molecular complexity index is 353. The van der Waals surface area contributed by atoms with Gasteiger partial charge in [-0.1, -0.05) is 36.9 Å². The standard InChI is InChI=1S/C17H24O2/c1-2-18-12-16-8-10-17(11-9-16)14-19-13-15-6-4-3-5-7-15/h2-7,16-17H,1,8-14H2. The summed E-state index contributed by atoms with van der Waals surface area (Å²) in [6.07, 6.45) is 6.59. The predicted molar refractivity (Wildman–Crippen MR) is 77.7 cm³/mol. The molecular formula is C17H24O2. The van der Waals surface area contributed by atoms with Gasteiger partial charge in [0.15, 0.2) is 0 Å². The second-order valence-electron chi connectivity index (χ2n) is 5.39. The fourth-order valence-electron chi connectivity index (χ4n) is 2.69. The van der Waals surface area contributed by atoms with E-state index < -0.39 is 0 Å². The predicted octanol–water partition coefficient (Wildman–Crippen LogP) is 4.17. The molecule has 0 bridgehead atoms. The van der Waals surface area contributed by atoms with E-state index in [1.807, 2.05) is 6.07 Å². The van der Waals surface area contributed by atoms with Gasteiger partial charge in [-0.3, -0.25) is 0 Å². The average molecular weight is 260 g/mol. The van der Waals surface area contributed by atoms with Crippen molar-refractivity contribution in [2.75, 3.05) is 13.2 Å². The van der Waals surface area contributed by atoms with Crippen LogP contribution >= 0.6 is 0 Å². The lowest BCUT2D eigenvalue weighted by atomic mass is 9.83. The molecule has 0 aromatic heterocycles. The Hall–Kier alpha value is -1.28. The van der Waals surface area contributed by atoms with Crippen LogP contribution < -0.4 is 0 Å². The van der Waals surface area contributed by atoms with Crippen LogP contribution in [0.3, 0.4) is 0 Å². The van der Waals surface area contributed by atoms with E-state index in [0.717, 1.165) is 25.7 Å². The molecule has 2 nitrogen and oxygen atoms in total. The monoisotopic (exact) mass is 260 g/mol. The molecule has 0 amide bonds. The summed E-state index contributed by atoms with van der Waals surface area (Å²) < 4.78 is 11.1. The zero-order valence-electron chi connectivity index (χ0n) is 11.6. The Balaban J connectivity index is 1.59. The summed E-state index contributed by atoms with van der Waals surface area (Å²) in [6.45, 7) is 6.05. The van der Waals surface area contributed by atoms with E-state index in [1.54, 1.807) is 6.26 Å². The van der Waals surface area contributed by atoms with Gasteiger partial charge in [-0.25, -0.2) is 0 Å². The number of hydrogen-bond acceptors (Lipinski definition) is 2. The molecule has 0 atom stereocenters. The minimum atomic E-state index is 0.711. The van der Waals surface area contributed by atoms with Crippen molar-refractivity contribution in [3.05, 3.63) is 48.7 Å². The van der Waals surface area contributed by atoms with Crippen molar-refractivity contribution in [3.63, 3.8) is 0 Å². The Labute approximate surface area is 116 Å². The van der Waals surface area contributed by atoms with Crippen LogP contribution in [0, 0.1) is 11.8 Å². The van der Waals surface area contributed by atoms with Gasteiger partial charge in [0.1, 0.15) is 0 Å². The van der Waals surface area contributed by atoms with Crippen molar-refractivity contribution in [1.82, 2.24) is 0 Å². The summed E-state index contributed by atoms with van der Waals surface area (Å²) in [6, 6.07) is 10.4. The zero-order chi connectivity index (χ0) is 13.3. The molecule has 1 aromatic carbocycles. The summed E-state index contributed by atoms with van der Waals surface area (Å²) in [4.78, 5) is 0. The molecule has 0 aliphatic heterocycles. The smallest absolute Gasteiger partial charge is 0.0901 e. The first kappa shape index (κ1) is 14.1. The van der Waals surface area contributed by atoms with Crippen molar-refractivity contribution < 1.29 is 9.47 Å². The van der Waals surface area contributed by atoms with E-state index >= 15 is 0 Å². The molecule has 2 rings (SSSR count). The molecule has 0 radical (unpaired) electrons. The maximum absolute atomic E-state index is 5.83. The van der Waals surface area contributed by atoms with Gasteiger partial charge in [-0.15, -0.1) is 0 Å². The summed E-state index contributed by atoms with van der Waals surface area (Å²) in [7, 11) is 0. The van der Waals surface area contributed by atoms with E-state index in [9.17, 15) is 0 Å². The van der Waals surface area contributed by atoms with E-state index in [-0.39, 0.29) is 0 Å². The third-order valence-electron chi connectivity index (χ3n) is 3.88. The van der Waals surface area contributed by atoms with Crippen LogP contribution in [0.25, 0.3) is 0 Å². The zero-order valence-corrected chi connectivity index (χ0v) is 11.6. The van der Waals surface area contributed by atoms with Crippen molar-refractivity contribution in [2.24, 2.45) is 11.8 Å². The molecule has 0 saturated heterocycles. The SMILES string of the molecule is C=COCC1CCC(COCc2ccccc2)CC1. The van der Waals surface area contributed by atoms with Crippen LogP contribution in [0.5, 0.6) is 0 Å². The van der Waals surface area contributed by atoms with Crippen LogP contribution in [0.15, 0.2) is 43.2 Å². The Kier molecular flexibility index (Phi) is 5.96. The number of hydrogen-bond donors (Lipinski definition) is 0. The van der Waals surface area contributed by atoms with Crippen LogP contribution in [0.1, 0.15) is 31.2 Å². The molecule has 0 spiro atoms. The normalized spacial score (nSPS) is 22.9. The first-order valence-electron chi connectivity index (χ1n) is 7.22. The summed E-state index contributed by atoms with van der Waals surface area (Å²) in [5, 5.41) is 0. The van der Waals surface area contributed by atoms with E-state index in [4.69, 9.17) is 9.47 Å². The summed E-state index contributed by atoms with van der Waals surface area (Å²) in [5.41, 5.74) is 1.26. The van der Waals surface area contributed by atoms with Gasteiger partial charge in [0.25, 0.3) is 0 Å². The van der Waals surface area contributed by atoms with Crippen molar-refractivity contribution in [1.29, 1.82) is 0 Å². The molecule has 1 aliphatic rings. The summed E-state index contributed by atoms with van der Waals surface area (Å²) in [5.74, 6) is 1.44. The fourth-order valence-corrected chi connectivity index (χ4v) is 2.69. The van der Waals surface area contributed by atoms with Crippen LogP contribution in [0.4, 0.5) is 0 Å². The van der Waals surface area contributed by atoms with Crippen molar-refractivity contribution in [3.8, 4) is 0 Å². The molecule has 0 heterocycles. The maximum Gasteiger partial charge on any atom is 0.0901 e. The van der Waals surface area contributed by atoms with E-state index in [1.165, 1.54) is 31.2 Å². The number of ether oxygens (including phenoxy) is 2. The molecule has 1 fully saturated rings. The van der Waals surface area contributed by atoms with Crippen LogP contribution in [0.2, 0.25) is 0 Å². The molecule has 1 aliphatic carbocycles. The lowest BCUT2D eigenvalue weighted by molar-refractivity contribution is 0.0587. The highest BCUT2D eigenvalue weighted by Gasteiger charge is 2.21. The Morgan fingerprint density at radius 3 is 2.26 bits per heavy atom. The molecule has 0 N–H and O–H groups in total. The maximum atomic E-state index is 5.83. The Morgan fingerprint density at radius 1 is 1.00 bits per heavy atom.